The quantitative estimate of drug-likeness (QED) is 0.828. The van der Waals surface area contributed by atoms with E-state index in [1.807, 2.05) is 0 Å². The van der Waals surface area contributed by atoms with Crippen molar-refractivity contribution in [3.8, 4) is 0 Å². The van der Waals surface area contributed by atoms with Gasteiger partial charge < -0.3 is 10.6 Å². The van der Waals surface area contributed by atoms with E-state index in [1.54, 1.807) is 0 Å². The Morgan fingerprint density at radius 2 is 1.54 bits per heavy atom. The van der Waals surface area contributed by atoms with Crippen LogP contribution in [-0.4, -0.2) is 42.1 Å². The third-order valence-corrected chi connectivity index (χ3v) is 7.42. The van der Waals surface area contributed by atoms with Gasteiger partial charge in [-0.15, -0.1) is 0 Å². The minimum absolute atomic E-state index is 0.0574. The third-order valence-electron chi connectivity index (χ3n) is 7.42. The molecule has 0 aromatic heterocycles. The van der Waals surface area contributed by atoms with Gasteiger partial charge in [0.2, 0.25) is 0 Å². The second-order valence-electron chi connectivity index (χ2n) is 9.64. The Kier molecular flexibility index (Phi) is 4.53. The van der Waals surface area contributed by atoms with Crippen molar-refractivity contribution in [2.45, 2.75) is 76.8 Å². The first-order valence-electron chi connectivity index (χ1n) is 10.3. The molecule has 5 rings (SSSR count). The van der Waals surface area contributed by atoms with Crippen LogP contribution >= 0.6 is 0 Å². The molecular weight excluding hydrogens is 298 g/mol. The lowest BCUT2D eigenvalue weighted by Crippen LogP contribution is -2.59. The van der Waals surface area contributed by atoms with E-state index in [1.165, 1.54) is 64.5 Å². The van der Waals surface area contributed by atoms with Crippen molar-refractivity contribution in [3.63, 3.8) is 0 Å². The van der Waals surface area contributed by atoms with Crippen molar-refractivity contribution >= 4 is 6.03 Å². The predicted molar refractivity (Wildman–Crippen MR) is 96.9 cm³/mol. The molecule has 0 unspecified atom stereocenters. The number of amides is 2. The number of urea groups is 1. The van der Waals surface area contributed by atoms with E-state index in [2.05, 4.69) is 29.4 Å². The molecule has 5 fully saturated rings. The molecule has 1 aliphatic heterocycles. The highest BCUT2D eigenvalue weighted by atomic mass is 16.2. The maximum Gasteiger partial charge on any atom is 0.315 e. The molecule has 0 radical (unpaired) electrons. The van der Waals surface area contributed by atoms with Crippen LogP contribution in [0.25, 0.3) is 0 Å². The molecule has 4 aliphatic carbocycles. The Hall–Kier alpha value is -0.770. The summed E-state index contributed by atoms with van der Waals surface area (Å²) in [5.74, 6) is 3.43. The van der Waals surface area contributed by atoms with Gasteiger partial charge in [0.1, 0.15) is 0 Å². The lowest BCUT2D eigenvalue weighted by atomic mass is 9.54. The number of piperidine rings is 1. The molecule has 4 nitrogen and oxygen atoms in total. The second kappa shape index (κ2) is 6.51. The lowest BCUT2D eigenvalue weighted by molar-refractivity contribution is -0.00960. The summed E-state index contributed by atoms with van der Waals surface area (Å²) in [6.07, 6.45) is 10.8. The van der Waals surface area contributed by atoms with Crippen molar-refractivity contribution in [1.82, 2.24) is 15.5 Å². The number of hydrogen-bond acceptors (Lipinski definition) is 2. The Balaban J connectivity index is 1.27. The smallest absolute Gasteiger partial charge is 0.315 e. The normalized spacial score (nSPS) is 39.0. The molecule has 4 bridgehead atoms. The highest BCUT2D eigenvalue weighted by Gasteiger charge is 2.48. The lowest BCUT2D eigenvalue weighted by Gasteiger charge is -2.54. The van der Waals surface area contributed by atoms with Gasteiger partial charge in [0.25, 0.3) is 0 Å². The Morgan fingerprint density at radius 1 is 0.958 bits per heavy atom. The van der Waals surface area contributed by atoms with Crippen molar-refractivity contribution < 1.29 is 4.79 Å². The highest BCUT2D eigenvalue weighted by molar-refractivity contribution is 5.74. The SMILES string of the molecule is CC(C)(CNC(=O)NC1C2CC3CC(C2)CC1C3)N1CCCCC1. The molecule has 1 heterocycles. The summed E-state index contributed by atoms with van der Waals surface area (Å²) in [4.78, 5) is 15.1. The molecule has 24 heavy (non-hydrogen) atoms. The molecule has 0 atom stereocenters. The average Bonchev–Trinajstić information content (AvgIpc) is 2.56. The first-order chi connectivity index (χ1) is 11.5. The standard InChI is InChI=1S/C20H35N3O/c1-20(2,23-6-4-3-5-7-23)13-21-19(24)22-18-16-9-14-8-15(11-16)12-17(18)10-14/h14-18H,3-13H2,1-2H3,(H2,21,22,24). The minimum atomic E-state index is 0.0574. The first-order valence-corrected chi connectivity index (χ1v) is 10.3. The molecule has 0 aromatic rings. The number of carbonyl (C=O) groups excluding carboxylic acids is 1. The van der Waals surface area contributed by atoms with Crippen molar-refractivity contribution in [2.24, 2.45) is 23.7 Å². The monoisotopic (exact) mass is 333 g/mol. The van der Waals surface area contributed by atoms with Gasteiger partial charge in [-0.25, -0.2) is 4.79 Å². The van der Waals surface area contributed by atoms with Crippen LogP contribution in [0.3, 0.4) is 0 Å². The summed E-state index contributed by atoms with van der Waals surface area (Å²) in [7, 11) is 0. The van der Waals surface area contributed by atoms with Crippen LogP contribution in [0.2, 0.25) is 0 Å². The Labute approximate surface area is 147 Å². The van der Waals surface area contributed by atoms with E-state index >= 15 is 0 Å². The molecule has 2 amide bonds. The van der Waals surface area contributed by atoms with Crippen molar-refractivity contribution in [3.05, 3.63) is 0 Å². The van der Waals surface area contributed by atoms with Gasteiger partial charge in [-0.05, 0) is 95.6 Å². The first kappa shape index (κ1) is 16.7. The van der Waals surface area contributed by atoms with Crippen molar-refractivity contribution in [2.75, 3.05) is 19.6 Å². The summed E-state index contributed by atoms with van der Waals surface area (Å²) in [5, 5.41) is 6.56. The Morgan fingerprint density at radius 3 is 2.12 bits per heavy atom. The van der Waals surface area contributed by atoms with Crippen LogP contribution in [0, 0.1) is 23.7 Å². The summed E-state index contributed by atoms with van der Waals surface area (Å²) < 4.78 is 0. The van der Waals surface area contributed by atoms with E-state index < -0.39 is 0 Å². The molecule has 0 aromatic carbocycles. The number of hydrogen-bond donors (Lipinski definition) is 2. The zero-order chi connectivity index (χ0) is 16.7. The van der Waals surface area contributed by atoms with E-state index in [9.17, 15) is 4.79 Å². The summed E-state index contributed by atoms with van der Waals surface area (Å²) in [6.45, 7) is 7.62. The van der Waals surface area contributed by atoms with Gasteiger partial charge in [-0.3, -0.25) is 4.90 Å². The second-order valence-corrected chi connectivity index (χ2v) is 9.64. The number of rotatable bonds is 4. The summed E-state index contributed by atoms with van der Waals surface area (Å²) in [6, 6.07) is 0.508. The van der Waals surface area contributed by atoms with Crippen molar-refractivity contribution in [1.29, 1.82) is 0 Å². The molecule has 136 valence electrons. The van der Waals surface area contributed by atoms with Gasteiger partial charge in [0.05, 0.1) is 0 Å². The van der Waals surface area contributed by atoms with E-state index in [0.29, 0.717) is 6.04 Å². The summed E-state index contributed by atoms with van der Waals surface area (Å²) in [5.41, 5.74) is 0.0574. The maximum atomic E-state index is 12.5. The fraction of sp³-hybridized carbons (Fsp3) is 0.950. The zero-order valence-corrected chi connectivity index (χ0v) is 15.5. The van der Waals surface area contributed by atoms with Crippen LogP contribution in [0.15, 0.2) is 0 Å². The van der Waals surface area contributed by atoms with Crippen LogP contribution in [0.4, 0.5) is 4.79 Å². The zero-order valence-electron chi connectivity index (χ0n) is 15.5. The number of nitrogens with zero attached hydrogens (tertiary/aromatic N) is 1. The van der Waals surface area contributed by atoms with Crippen LogP contribution in [0.5, 0.6) is 0 Å². The van der Waals surface area contributed by atoms with E-state index in [0.717, 1.165) is 30.2 Å². The average molecular weight is 334 g/mol. The number of nitrogens with one attached hydrogen (secondary N) is 2. The molecular formula is C20H35N3O. The molecule has 0 spiro atoms. The maximum absolute atomic E-state index is 12.5. The molecule has 4 saturated carbocycles. The Bertz CT molecular complexity index is 442. The number of carbonyl (C=O) groups is 1. The van der Waals surface area contributed by atoms with Crippen LogP contribution in [-0.2, 0) is 0 Å². The number of likely N-dealkylation sites (tertiary alicyclic amines) is 1. The van der Waals surface area contributed by atoms with Crippen LogP contribution in [0.1, 0.15) is 65.2 Å². The third kappa shape index (κ3) is 3.31. The van der Waals surface area contributed by atoms with Gasteiger partial charge >= 0.3 is 6.03 Å². The topological polar surface area (TPSA) is 44.4 Å². The minimum Gasteiger partial charge on any atom is -0.336 e. The predicted octanol–water partition coefficient (Wildman–Crippen LogP) is 3.37. The highest BCUT2D eigenvalue weighted by Crippen LogP contribution is 2.53. The van der Waals surface area contributed by atoms with Crippen LogP contribution < -0.4 is 10.6 Å². The molecule has 5 aliphatic rings. The fourth-order valence-electron chi connectivity index (χ4n) is 6.27. The van der Waals surface area contributed by atoms with Gasteiger partial charge in [0, 0.05) is 18.1 Å². The van der Waals surface area contributed by atoms with Gasteiger partial charge in [0.15, 0.2) is 0 Å². The van der Waals surface area contributed by atoms with E-state index in [4.69, 9.17) is 0 Å². The van der Waals surface area contributed by atoms with Gasteiger partial charge in [-0.2, -0.15) is 0 Å². The van der Waals surface area contributed by atoms with E-state index in [-0.39, 0.29) is 11.6 Å². The molecule has 2 N–H and O–H groups in total. The molecule has 1 saturated heterocycles. The molecule has 4 heteroatoms. The largest absolute Gasteiger partial charge is 0.336 e. The van der Waals surface area contributed by atoms with Gasteiger partial charge in [-0.1, -0.05) is 6.42 Å². The summed E-state index contributed by atoms with van der Waals surface area (Å²) >= 11 is 0. The fourth-order valence-corrected chi connectivity index (χ4v) is 6.27.